The molecule has 1 aromatic heterocycles. The van der Waals surface area contributed by atoms with E-state index in [0.29, 0.717) is 24.1 Å². The van der Waals surface area contributed by atoms with Gasteiger partial charge in [0.15, 0.2) is 5.82 Å². The standard InChI is InChI=1S/C14H24N4O/c1-10(2)7-8-15-12-5-6-13(18-17-12)16-14(19)9-11(3)4/h5-6,10-11H,7-9H2,1-4H3,(H,15,17)(H,16,18,19). The highest BCUT2D eigenvalue weighted by molar-refractivity contribution is 5.89. The summed E-state index contributed by atoms with van der Waals surface area (Å²) in [4.78, 5) is 11.6. The van der Waals surface area contributed by atoms with Crippen LogP contribution in [0.4, 0.5) is 11.6 Å². The average molecular weight is 264 g/mol. The van der Waals surface area contributed by atoms with E-state index in [1.165, 1.54) is 0 Å². The fourth-order valence-electron chi connectivity index (χ4n) is 1.55. The quantitative estimate of drug-likeness (QED) is 0.794. The van der Waals surface area contributed by atoms with Crippen molar-refractivity contribution in [3.63, 3.8) is 0 Å². The number of rotatable bonds is 7. The molecule has 1 heterocycles. The molecule has 0 atom stereocenters. The van der Waals surface area contributed by atoms with Crippen LogP contribution in [0.5, 0.6) is 0 Å². The number of hydrogen-bond donors (Lipinski definition) is 2. The topological polar surface area (TPSA) is 66.9 Å². The van der Waals surface area contributed by atoms with Crippen LogP contribution < -0.4 is 10.6 Å². The summed E-state index contributed by atoms with van der Waals surface area (Å²) < 4.78 is 0. The van der Waals surface area contributed by atoms with Gasteiger partial charge in [0.1, 0.15) is 5.82 Å². The first kappa shape index (κ1) is 15.4. The SMILES string of the molecule is CC(C)CCNc1ccc(NC(=O)CC(C)C)nn1. The maximum absolute atomic E-state index is 11.6. The average Bonchev–Trinajstić information content (AvgIpc) is 2.29. The molecule has 0 saturated carbocycles. The molecule has 5 nitrogen and oxygen atoms in total. The number of hydrogen-bond acceptors (Lipinski definition) is 4. The van der Waals surface area contributed by atoms with Crippen molar-refractivity contribution < 1.29 is 4.79 Å². The maximum atomic E-state index is 11.6. The molecule has 0 spiro atoms. The van der Waals surface area contributed by atoms with Crippen LogP contribution >= 0.6 is 0 Å². The predicted octanol–water partition coefficient (Wildman–Crippen LogP) is 2.92. The number of nitrogens with one attached hydrogen (secondary N) is 2. The third-order valence-corrected chi connectivity index (χ3v) is 2.55. The first-order valence-corrected chi connectivity index (χ1v) is 6.85. The van der Waals surface area contributed by atoms with Gasteiger partial charge in [0.05, 0.1) is 0 Å². The van der Waals surface area contributed by atoms with E-state index in [4.69, 9.17) is 0 Å². The second-order valence-corrected chi connectivity index (χ2v) is 5.56. The largest absolute Gasteiger partial charge is 0.369 e. The third-order valence-electron chi connectivity index (χ3n) is 2.55. The minimum atomic E-state index is -0.0233. The summed E-state index contributed by atoms with van der Waals surface area (Å²) in [5.74, 6) is 2.22. The monoisotopic (exact) mass is 264 g/mol. The molecular weight excluding hydrogens is 240 g/mol. The zero-order valence-electron chi connectivity index (χ0n) is 12.2. The number of anilines is 2. The van der Waals surface area contributed by atoms with E-state index in [2.05, 4.69) is 34.7 Å². The summed E-state index contributed by atoms with van der Waals surface area (Å²) in [6, 6.07) is 3.60. The van der Waals surface area contributed by atoms with Crippen molar-refractivity contribution >= 4 is 17.5 Å². The normalized spacial score (nSPS) is 10.8. The highest BCUT2D eigenvalue weighted by Gasteiger charge is 2.06. The molecule has 0 unspecified atom stereocenters. The van der Waals surface area contributed by atoms with Gasteiger partial charge in [0.25, 0.3) is 0 Å². The molecule has 1 rings (SSSR count). The first-order chi connectivity index (χ1) is 8.97. The zero-order valence-corrected chi connectivity index (χ0v) is 12.2. The second kappa shape index (κ2) is 7.71. The van der Waals surface area contributed by atoms with Crippen molar-refractivity contribution in [1.29, 1.82) is 0 Å². The van der Waals surface area contributed by atoms with Crippen LogP contribution in [-0.4, -0.2) is 22.6 Å². The van der Waals surface area contributed by atoms with E-state index in [1.807, 2.05) is 19.9 Å². The summed E-state index contributed by atoms with van der Waals surface area (Å²) in [6.45, 7) is 9.26. The summed E-state index contributed by atoms with van der Waals surface area (Å²) in [5, 5.41) is 13.9. The van der Waals surface area contributed by atoms with E-state index in [9.17, 15) is 4.79 Å². The Kier molecular flexibility index (Phi) is 6.25. The Bertz CT molecular complexity index is 387. The lowest BCUT2D eigenvalue weighted by Crippen LogP contribution is -2.15. The Labute approximate surface area is 115 Å². The Morgan fingerprint density at radius 3 is 2.26 bits per heavy atom. The predicted molar refractivity (Wildman–Crippen MR) is 78.1 cm³/mol. The van der Waals surface area contributed by atoms with Gasteiger partial charge in [0.2, 0.25) is 5.91 Å². The molecule has 2 N–H and O–H groups in total. The van der Waals surface area contributed by atoms with Crippen molar-refractivity contribution in [2.45, 2.75) is 40.5 Å². The lowest BCUT2D eigenvalue weighted by atomic mass is 10.1. The molecule has 0 aromatic carbocycles. The van der Waals surface area contributed by atoms with Crippen LogP contribution in [0, 0.1) is 11.8 Å². The first-order valence-electron chi connectivity index (χ1n) is 6.85. The molecule has 19 heavy (non-hydrogen) atoms. The van der Waals surface area contributed by atoms with Gasteiger partial charge < -0.3 is 10.6 Å². The molecule has 0 saturated heterocycles. The van der Waals surface area contributed by atoms with E-state index in [1.54, 1.807) is 6.07 Å². The van der Waals surface area contributed by atoms with Gasteiger partial charge in [-0.2, -0.15) is 0 Å². The van der Waals surface area contributed by atoms with Gasteiger partial charge in [-0.1, -0.05) is 27.7 Å². The van der Waals surface area contributed by atoms with Gasteiger partial charge in [-0.25, -0.2) is 0 Å². The molecule has 0 bridgehead atoms. The van der Waals surface area contributed by atoms with Crippen molar-refractivity contribution in [2.75, 3.05) is 17.2 Å². The Morgan fingerprint density at radius 2 is 1.74 bits per heavy atom. The molecule has 106 valence electrons. The lowest BCUT2D eigenvalue weighted by molar-refractivity contribution is -0.116. The maximum Gasteiger partial charge on any atom is 0.225 e. The molecule has 1 amide bonds. The molecule has 0 aliphatic heterocycles. The fraction of sp³-hybridized carbons (Fsp3) is 0.643. The molecule has 0 fully saturated rings. The molecule has 0 aliphatic carbocycles. The van der Waals surface area contributed by atoms with E-state index < -0.39 is 0 Å². The van der Waals surface area contributed by atoms with Gasteiger partial charge >= 0.3 is 0 Å². The smallest absolute Gasteiger partial charge is 0.225 e. The third kappa shape index (κ3) is 6.74. The molecule has 0 aliphatic rings. The minimum absolute atomic E-state index is 0.0233. The van der Waals surface area contributed by atoms with Crippen molar-refractivity contribution in [3.05, 3.63) is 12.1 Å². The number of carbonyl (C=O) groups is 1. The van der Waals surface area contributed by atoms with Crippen LogP contribution in [0.15, 0.2) is 12.1 Å². The number of aromatic nitrogens is 2. The van der Waals surface area contributed by atoms with Crippen molar-refractivity contribution in [3.8, 4) is 0 Å². The highest BCUT2D eigenvalue weighted by Crippen LogP contribution is 2.09. The van der Waals surface area contributed by atoms with E-state index in [0.717, 1.165) is 18.8 Å². The highest BCUT2D eigenvalue weighted by atomic mass is 16.1. The van der Waals surface area contributed by atoms with Gasteiger partial charge in [-0.05, 0) is 30.4 Å². The fourth-order valence-corrected chi connectivity index (χ4v) is 1.55. The van der Waals surface area contributed by atoms with Crippen molar-refractivity contribution in [2.24, 2.45) is 11.8 Å². The summed E-state index contributed by atoms with van der Waals surface area (Å²) in [5.41, 5.74) is 0. The van der Waals surface area contributed by atoms with Crippen molar-refractivity contribution in [1.82, 2.24) is 10.2 Å². The molecular formula is C14H24N4O. The van der Waals surface area contributed by atoms with Crippen LogP contribution in [0.2, 0.25) is 0 Å². The number of nitrogens with zero attached hydrogens (tertiary/aromatic N) is 2. The van der Waals surface area contributed by atoms with Crippen LogP contribution in [-0.2, 0) is 4.79 Å². The van der Waals surface area contributed by atoms with Crippen LogP contribution in [0.1, 0.15) is 40.5 Å². The summed E-state index contributed by atoms with van der Waals surface area (Å²) in [7, 11) is 0. The zero-order chi connectivity index (χ0) is 14.3. The Hall–Kier alpha value is -1.65. The molecule has 1 aromatic rings. The lowest BCUT2D eigenvalue weighted by Gasteiger charge is -2.08. The number of amides is 1. The molecule has 5 heteroatoms. The summed E-state index contributed by atoms with van der Waals surface area (Å²) >= 11 is 0. The minimum Gasteiger partial charge on any atom is -0.369 e. The molecule has 0 radical (unpaired) electrons. The number of carbonyl (C=O) groups excluding carboxylic acids is 1. The Balaban J connectivity index is 2.41. The van der Waals surface area contributed by atoms with Gasteiger partial charge in [0, 0.05) is 13.0 Å². The van der Waals surface area contributed by atoms with Gasteiger partial charge in [-0.3, -0.25) is 4.79 Å². The summed E-state index contributed by atoms with van der Waals surface area (Å²) in [6.07, 6.45) is 1.59. The van der Waals surface area contributed by atoms with E-state index >= 15 is 0 Å². The van der Waals surface area contributed by atoms with Crippen LogP contribution in [0.25, 0.3) is 0 Å². The second-order valence-electron chi connectivity index (χ2n) is 5.56. The Morgan fingerprint density at radius 1 is 1.11 bits per heavy atom. The van der Waals surface area contributed by atoms with Gasteiger partial charge in [-0.15, -0.1) is 10.2 Å². The van der Waals surface area contributed by atoms with Crippen LogP contribution in [0.3, 0.4) is 0 Å². The van der Waals surface area contributed by atoms with E-state index in [-0.39, 0.29) is 5.91 Å².